The van der Waals surface area contributed by atoms with Gasteiger partial charge in [-0.25, -0.2) is 0 Å². The van der Waals surface area contributed by atoms with Gasteiger partial charge in [0.15, 0.2) is 0 Å². The first-order valence-corrected chi connectivity index (χ1v) is 8.66. The largest absolute Gasteiger partial charge is 0.392 e. The highest BCUT2D eigenvalue weighted by Crippen LogP contribution is 2.19. The van der Waals surface area contributed by atoms with Crippen molar-refractivity contribution in [3.63, 3.8) is 0 Å². The third-order valence-corrected chi connectivity index (χ3v) is 5.02. The van der Waals surface area contributed by atoms with Crippen LogP contribution in [0.25, 0.3) is 0 Å². The van der Waals surface area contributed by atoms with Crippen molar-refractivity contribution in [2.45, 2.75) is 51.3 Å². The molecule has 6 heteroatoms. The summed E-state index contributed by atoms with van der Waals surface area (Å²) in [5, 5.41) is 15.7. The van der Waals surface area contributed by atoms with E-state index in [1.807, 2.05) is 0 Å². The van der Waals surface area contributed by atoms with Crippen LogP contribution in [0.4, 0.5) is 0 Å². The van der Waals surface area contributed by atoms with Crippen molar-refractivity contribution in [3.8, 4) is 0 Å². The van der Waals surface area contributed by atoms with Crippen LogP contribution in [0, 0.1) is 5.92 Å². The summed E-state index contributed by atoms with van der Waals surface area (Å²) in [4.78, 5) is 14.7. The van der Waals surface area contributed by atoms with Gasteiger partial charge in [0.25, 0.3) is 0 Å². The number of morpholine rings is 1. The van der Waals surface area contributed by atoms with Crippen LogP contribution in [0.5, 0.6) is 0 Å². The van der Waals surface area contributed by atoms with Gasteiger partial charge in [-0.1, -0.05) is 26.7 Å². The highest BCUT2D eigenvalue weighted by atomic mass is 16.5. The molecule has 2 heterocycles. The third kappa shape index (κ3) is 4.65. The summed E-state index contributed by atoms with van der Waals surface area (Å²) in [6, 6.07) is 0.121. The Morgan fingerprint density at radius 3 is 2.59 bits per heavy atom. The van der Waals surface area contributed by atoms with E-state index in [1.54, 1.807) is 0 Å². The molecule has 128 valence electrons. The molecular weight excluding hydrogens is 282 g/mol. The predicted octanol–water partition coefficient (Wildman–Crippen LogP) is -0.0376. The molecule has 0 aromatic rings. The van der Waals surface area contributed by atoms with Gasteiger partial charge in [0.1, 0.15) is 0 Å². The van der Waals surface area contributed by atoms with Gasteiger partial charge in [-0.3, -0.25) is 9.69 Å². The minimum atomic E-state index is -0.398. The molecule has 2 saturated heterocycles. The number of aliphatic hydroxyl groups is 1. The summed E-state index contributed by atoms with van der Waals surface area (Å²) in [6.45, 7) is 9.07. The fourth-order valence-corrected chi connectivity index (χ4v) is 3.58. The second-order valence-electron chi connectivity index (χ2n) is 6.39. The molecule has 0 aromatic carbocycles. The number of hydrogen-bond donors (Lipinski definition) is 3. The smallest absolute Gasteiger partial charge is 0.237 e. The first-order chi connectivity index (χ1) is 10.7. The molecule has 0 radical (unpaired) electrons. The highest BCUT2D eigenvalue weighted by Gasteiger charge is 2.31. The topological polar surface area (TPSA) is 73.8 Å². The fourth-order valence-electron chi connectivity index (χ4n) is 3.58. The van der Waals surface area contributed by atoms with E-state index in [9.17, 15) is 9.90 Å². The summed E-state index contributed by atoms with van der Waals surface area (Å²) in [5.41, 5.74) is 0. The average Bonchev–Trinajstić information content (AvgIpc) is 2.98. The Bertz CT molecular complexity index is 344. The molecule has 0 bridgehead atoms. The number of nitrogens with zero attached hydrogens (tertiary/aromatic N) is 1. The quantitative estimate of drug-likeness (QED) is 0.615. The lowest BCUT2D eigenvalue weighted by Crippen LogP contribution is -2.53. The first kappa shape index (κ1) is 17.7. The molecule has 2 aliphatic rings. The van der Waals surface area contributed by atoms with E-state index < -0.39 is 6.10 Å². The van der Waals surface area contributed by atoms with Crippen LogP contribution in [-0.4, -0.2) is 73.5 Å². The summed E-state index contributed by atoms with van der Waals surface area (Å²) in [6.07, 6.45) is 2.35. The Morgan fingerprint density at radius 1 is 1.36 bits per heavy atom. The Morgan fingerprint density at radius 2 is 2.05 bits per heavy atom. The molecule has 2 aliphatic heterocycles. The van der Waals surface area contributed by atoms with E-state index in [-0.39, 0.29) is 11.9 Å². The molecule has 0 aliphatic carbocycles. The summed E-state index contributed by atoms with van der Waals surface area (Å²) in [7, 11) is 0. The Labute approximate surface area is 133 Å². The van der Waals surface area contributed by atoms with E-state index >= 15 is 0 Å². The number of ether oxygens (including phenoxy) is 1. The van der Waals surface area contributed by atoms with Crippen molar-refractivity contribution >= 4 is 5.91 Å². The molecule has 1 amide bonds. The minimum Gasteiger partial charge on any atom is -0.392 e. The van der Waals surface area contributed by atoms with Crippen LogP contribution in [0.3, 0.4) is 0 Å². The van der Waals surface area contributed by atoms with Gasteiger partial charge in [-0.2, -0.15) is 0 Å². The number of aliphatic hydroxyl groups excluding tert-OH is 1. The molecule has 6 nitrogen and oxygen atoms in total. The molecule has 3 atom stereocenters. The van der Waals surface area contributed by atoms with Gasteiger partial charge < -0.3 is 20.5 Å². The molecule has 0 spiro atoms. The molecular formula is C16H31N3O3. The number of amides is 1. The zero-order valence-electron chi connectivity index (χ0n) is 13.9. The fraction of sp³-hybridized carbons (Fsp3) is 0.938. The van der Waals surface area contributed by atoms with Gasteiger partial charge >= 0.3 is 0 Å². The summed E-state index contributed by atoms with van der Waals surface area (Å²) < 4.78 is 5.45. The van der Waals surface area contributed by atoms with Gasteiger partial charge in [-0.05, 0) is 12.3 Å². The second-order valence-corrected chi connectivity index (χ2v) is 6.39. The van der Waals surface area contributed by atoms with E-state index in [1.165, 1.54) is 0 Å². The van der Waals surface area contributed by atoms with Gasteiger partial charge in [0.2, 0.25) is 5.91 Å². The van der Waals surface area contributed by atoms with Crippen LogP contribution < -0.4 is 10.6 Å². The molecule has 22 heavy (non-hydrogen) atoms. The number of β-amino-alcohol motifs (C(OH)–C–C–N with tert-alkyl or cyclic N) is 1. The molecule has 0 aromatic heterocycles. The van der Waals surface area contributed by atoms with Crippen molar-refractivity contribution in [2.75, 3.05) is 39.4 Å². The van der Waals surface area contributed by atoms with Crippen molar-refractivity contribution < 1.29 is 14.6 Å². The Hall–Kier alpha value is -0.690. The molecule has 3 N–H and O–H groups in total. The number of hydrogen-bond acceptors (Lipinski definition) is 5. The van der Waals surface area contributed by atoms with Crippen LogP contribution in [0.2, 0.25) is 0 Å². The van der Waals surface area contributed by atoms with Crippen molar-refractivity contribution in [2.24, 2.45) is 5.92 Å². The van der Waals surface area contributed by atoms with Gasteiger partial charge in [-0.15, -0.1) is 0 Å². The number of rotatable bonds is 7. The van der Waals surface area contributed by atoms with Crippen LogP contribution in [0.15, 0.2) is 0 Å². The lowest BCUT2D eigenvalue weighted by atomic mass is 9.92. The molecule has 3 unspecified atom stereocenters. The lowest BCUT2D eigenvalue weighted by Gasteiger charge is -2.39. The Balaban J connectivity index is 1.89. The number of carbonyl (C=O) groups is 1. The zero-order chi connectivity index (χ0) is 15.9. The summed E-state index contributed by atoms with van der Waals surface area (Å²) >= 11 is 0. The van der Waals surface area contributed by atoms with Crippen molar-refractivity contribution in [1.82, 2.24) is 15.5 Å². The SMILES string of the molecule is CCC(CC)C(CNC(=O)C1CC(O)CN1)N1CCOCC1. The van der Waals surface area contributed by atoms with Gasteiger partial charge in [0, 0.05) is 32.2 Å². The van der Waals surface area contributed by atoms with E-state index in [2.05, 4.69) is 29.4 Å². The van der Waals surface area contributed by atoms with Crippen LogP contribution in [0.1, 0.15) is 33.1 Å². The third-order valence-electron chi connectivity index (χ3n) is 5.02. The van der Waals surface area contributed by atoms with E-state index in [0.29, 0.717) is 31.5 Å². The molecule has 2 fully saturated rings. The standard InChI is InChI=1S/C16H31N3O3/c1-3-12(4-2)15(19-5-7-22-8-6-19)11-18-16(21)14-9-13(20)10-17-14/h12-15,17,20H,3-11H2,1-2H3,(H,18,21). The maximum absolute atomic E-state index is 12.2. The highest BCUT2D eigenvalue weighted by molar-refractivity contribution is 5.82. The van der Waals surface area contributed by atoms with Crippen LogP contribution >= 0.6 is 0 Å². The van der Waals surface area contributed by atoms with E-state index in [4.69, 9.17) is 4.74 Å². The Kier molecular flexibility index (Phi) is 7.08. The van der Waals surface area contributed by atoms with Crippen LogP contribution in [-0.2, 0) is 9.53 Å². The normalized spacial score (nSPS) is 28.0. The molecule has 0 saturated carbocycles. The maximum atomic E-state index is 12.2. The predicted molar refractivity (Wildman–Crippen MR) is 85.7 cm³/mol. The lowest BCUT2D eigenvalue weighted by molar-refractivity contribution is -0.123. The van der Waals surface area contributed by atoms with Crippen molar-refractivity contribution in [3.05, 3.63) is 0 Å². The monoisotopic (exact) mass is 313 g/mol. The van der Waals surface area contributed by atoms with Crippen molar-refractivity contribution in [1.29, 1.82) is 0 Å². The number of nitrogens with one attached hydrogen (secondary N) is 2. The average molecular weight is 313 g/mol. The number of carbonyl (C=O) groups excluding carboxylic acids is 1. The zero-order valence-corrected chi connectivity index (χ0v) is 13.9. The first-order valence-electron chi connectivity index (χ1n) is 8.66. The van der Waals surface area contributed by atoms with Gasteiger partial charge in [0.05, 0.1) is 25.4 Å². The summed E-state index contributed by atoms with van der Waals surface area (Å²) in [5.74, 6) is 0.598. The maximum Gasteiger partial charge on any atom is 0.237 e. The van der Waals surface area contributed by atoms with E-state index in [0.717, 1.165) is 39.1 Å². The molecule has 2 rings (SSSR count). The minimum absolute atomic E-state index is 0.0146. The second kappa shape index (κ2) is 8.82.